The van der Waals surface area contributed by atoms with E-state index in [2.05, 4.69) is 10.3 Å². The summed E-state index contributed by atoms with van der Waals surface area (Å²) >= 11 is 0. The van der Waals surface area contributed by atoms with Crippen LogP contribution in [0.3, 0.4) is 0 Å². The van der Waals surface area contributed by atoms with E-state index in [9.17, 15) is 9.90 Å². The maximum Gasteiger partial charge on any atom is 0.351 e. The predicted molar refractivity (Wildman–Crippen MR) is 98.0 cm³/mol. The Morgan fingerprint density at radius 2 is 2.25 bits per heavy atom. The zero-order valence-corrected chi connectivity index (χ0v) is 14.5. The Labute approximate surface area is 155 Å². The average Bonchev–Trinajstić information content (AvgIpc) is 2.87. The van der Waals surface area contributed by atoms with Crippen LogP contribution in [0.15, 0.2) is 17.1 Å². The van der Waals surface area contributed by atoms with Crippen LogP contribution in [-0.2, 0) is 9.47 Å². The highest BCUT2D eigenvalue weighted by molar-refractivity contribution is 5.30. The van der Waals surface area contributed by atoms with Crippen LogP contribution in [0, 0.1) is 0 Å². The molecule has 0 amide bonds. The molecule has 1 aliphatic rings. The van der Waals surface area contributed by atoms with E-state index in [0.29, 0.717) is 4.57 Å². The molecule has 1 saturated heterocycles. The molecular formula is C15H37F2N3O4. The SMILES string of the molecule is [2H][2H].[2H][2H].[2H][2H].[2H][C@@]1(n2ccc(NC)nc2=O)O[C@](C)(C(C)(C)OC)[C@@](C)(O)C1(F)F.[HH].[HH].[HH].[HH]. The molecule has 1 aliphatic heterocycles. The molecule has 2 heterocycles. The summed E-state index contributed by atoms with van der Waals surface area (Å²) < 4.78 is 79.6. The Balaban J connectivity index is -0.000000195. The summed E-state index contributed by atoms with van der Waals surface area (Å²) in [5, 5.41) is 13.3. The number of halogens is 2. The normalized spacial score (nSPS) is 37.5. The van der Waals surface area contributed by atoms with Gasteiger partial charge in [0.05, 0.1) is 6.97 Å². The molecule has 2 N–H and O–H groups in total. The van der Waals surface area contributed by atoms with Gasteiger partial charge in [-0.2, -0.15) is 13.8 Å². The van der Waals surface area contributed by atoms with Crippen molar-refractivity contribution in [1.29, 1.82) is 0 Å². The largest absolute Gasteiger partial charge is 0.381 e. The number of rotatable bonds is 4. The zero-order valence-electron chi connectivity index (χ0n) is 21.5. The fraction of sp³-hybridized carbons (Fsp3) is 0.733. The van der Waals surface area contributed by atoms with Crippen molar-refractivity contribution in [3.8, 4) is 0 Å². The third kappa shape index (κ3) is 2.26. The molecule has 0 spiro atoms. The lowest BCUT2D eigenvalue weighted by Gasteiger charge is -2.46. The quantitative estimate of drug-likeness (QED) is 0.849. The number of ether oxygens (including phenoxy) is 2. The van der Waals surface area contributed by atoms with Gasteiger partial charge >= 0.3 is 11.6 Å². The van der Waals surface area contributed by atoms with Crippen molar-refractivity contribution in [3.05, 3.63) is 22.7 Å². The highest BCUT2D eigenvalue weighted by Crippen LogP contribution is 2.58. The standard InChI is InChI=1S/C15H23F2N3O4.7H2/c1-12(2,23-6)14(4)13(3,22)15(16,17)10(24-14)20-8-7-9(18-5)19-11(20)21;;;;;;;/h7-8,10,22H,1-6H3,(H,18,19,21);7*1H/t10-,13-,14-;;;;;;;/m1......./s1/i10D;3*1+1D;;;;. The van der Waals surface area contributed by atoms with Gasteiger partial charge in [-0.25, -0.2) is 4.79 Å². The van der Waals surface area contributed by atoms with E-state index in [4.69, 9.17) is 19.8 Å². The monoisotopic (exact) mass is 368 g/mol. The molecule has 0 radical (unpaired) electrons. The van der Waals surface area contributed by atoms with Crippen molar-refractivity contribution in [2.75, 3.05) is 19.5 Å². The van der Waals surface area contributed by atoms with Crippen LogP contribution in [0.25, 0.3) is 0 Å². The number of hydrogen-bond donors (Lipinski definition) is 2. The minimum absolute atomic E-state index is 0. The summed E-state index contributed by atoms with van der Waals surface area (Å²) in [6, 6.07) is 1.25. The minimum Gasteiger partial charge on any atom is -0.381 e. The van der Waals surface area contributed by atoms with Gasteiger partial charge in [-0.3, -0.25) is 4.57 Å². The summed E-state index contributed by atoms with van der Waals surface area (Å²) in [7, 11) is 2.79. The predicted octanol–water partition coefficient (Wildman–Crippen LogP) is 3.11. The number of nitrogens with zero attached hydrogens (tertiary/aromatic N) is 2. The van der Waals surface area contributed by atoms with Gasteiger partial charge in [0.1, 0.15) is 11.4 Å². The van der Waals surface area contributed by atoms with Crippen LogP contribution in [0.1, 0.15) is 49.9 Å². The van der Waals surface area contributed by atoms with Crippen molar-refractivity contribution in [1.82, 2.24) is 9.55 Å². The Morgan fingerprint density at radius 1 is 1.67 bits per heavy atom. The Kier molecular flexibility index (Phi) is 3.12. The molecule has 24 heavy (non-hydrogen) atoms. The molecule has 0 aliphatic carbocycles. The van der Waals surface area contributed by atoms with E-state index in [1.165, 1.54) is 41.0 Å². The van der Waals surface area contributed by atoms with Crippen LogP contribution < -0.4 is 11.0 Å². The minimum atomic E-state index is -4.16. The van der Waals surface area contributed by atoms with Gasteiger partial charge in [-0.05, 0) is 33.8 Å². The van der Waals surface area contributed by atoms with Gasteiger partial charge in [0.25, 0.3) is 0 Å². The molecular weight excluding hydrogens is 324 g/mol. The first-order chi connectivity index (χ1) is 14.2. The maximum absolute atomic E-state index is 15.2. The molecule has 1 aromatic heterocycles. The van der Waals surface area contributed by atoms with Crippen LogP contribution in [0.5, 0.6) is 0 Å². The second-order valence-corrected chi connectivity index (χ2v) is 6.52. The number of aromatic nitrogens is 2. The first kappa shape index (κ1) is 13.7. The van der Waals surface area contributed by atoms with Crippen LogP contribution in [-0.4, -0.2) is 51.5 Å². The van der Waals surface area contributed by atoms with Crippen LogP contribution in [0.4, 0.5) is 14.6 Å². The number of nitrogens with one attached hydrogen (secondary N) is 1. The molecule has 3 atom stereocenters. The molecule has 1 aromatic rings. The molecule has 7 nitrogen and oxygen atoms in total. The van der Waals surface area contributed by atoms with Gasteiger partial charge in [0.15, 0.2) is 5.60 Å². The number of alkyl halides is 2. The highest BCUT2D eigenvalue weighted by atomic mass is 19.3. The van der Waals surface area contributed by atoms with Gasteiger partial charge in [0.2, 0.25) is 6.20 Å². The molecule has 150 valence electrons. The molecule has 0 bridgehead atoms. The van der Waals surface area contributed by atoms with Crippen molar-refractivity contribution >= 4 is 5.82 Å². The Bertz CT molecular complexity index is 765. The van der Waals surface area contributed by atoms with Crippen molar-refractivity contribution in [2.45, 2.75) is 56.6 Å². The number of anilines is 1. The molecule has 0 aromatic carbocycles. The third-order valence-electron chi connectivity index (χ3n) is 5.05. The molecule has 0 unspecified atom stereocenters. The van der Waals surface area contributed by atoms with Gasteiger partial charge in [-0.1, -0.05) is 0 Å². The van der Waals surface area contributed by atoms with Gasteiger partial charge in [-0.15, -0.1) is 0 Å². The first-order valence-corrected chi connectivity index (χ1v) is 7.35. The summed E-state index contributed by atoms with van der Waals surface area (Å²) in [5.74, 6) is -4.00. The van der Waals surface area contributed by atoms with E-state index in [1.54, 1.807) is 0 Å². The number of aliphatic hydroxyl groups is 1. The van der Waals surface area contributed by atoms with Crippen molar-refractivity contribution in [3.63, 3.8) is 0 Å². The van der Waals surface area contributed by atoms with Crippen LogP contribution in [0.2, 0.25) is 0 Å². The van der Waals surface area contributed by atoms with E-state index in [0.717, 1.165) is 13.1 Å². The maximum atomic E-state index is 15.2. The second-order valence-electron chi connectivity index (χ2n) is 6.52. The van der Waals surface area contributed by atoms with E-state index < -0.39 is 34.6 Å². The van der Waals surface area contributed by atoms with Crippen molar-refractivity contribution < 1.29 is 39.3 Å². The van der Waals surface area contributed by atoms with E-state index in [1.807, 2.05) is 0 Å². The van der Waals surface area contributed by atoms with Crippen LogP contribution >= 0.6 is 0 Å². The number of methoxy groups -OCH3 is 1. The molecule has 9 heteroatoms. The fourth-order valence-corrected chi connectivity index (χ4v) is 2.67. The van der Waals surface area contributed by atoms with Crippen molar-refractivity contribution in [2.24, 2.45) is 0 Å². The number of hydrogen-bond acceptors (Lipinski definition) is 6. The highest BCUT2D eigenvalue weighted by Gasteiger charge is 2.76. The van der Waals surface area contributed by atoms with E-state index in [-0.39, 0.29) is 11.5 Å². The lowest BCUT2D eigenvalue weighted by atomic mass is 9.73. The lowest BCUT2D eigenvalue weighted by molar-refractivity contribution is -0.235. The lowest BCUT2D eigenvalue weighted by Crippen LogP contribution is -2.65. The first-order valence-electron chi connectivity index (χ1n) is 10.9. The summed E-state index contributed by atoms with van der Waals surface area (Å²) in [6.45, 7) is 4.99. The molecule has 1 fully saturated rings. The Morgan fingerprint density at radius 3 is 2.71 bits per heavy atom. The second kappa shape index (κ2) is 5.47. The molecule has 2 rings (SSSR count). The van der Waals surface area contributed by atoms with Gasteiger partial charge in [0, 0.05) is 35.0 Å². The summed E-state index contributed by atoms with van der Waals surface area (Å²) in [5.41, 5.74) is -7.34. The van der Waals surface area contributed by atoms with Gasteiger partial charge < -0.3 is 19.9 Å². The smallest absolute Gasteiger partial charge is 0.351 e. The fourth-order valence-electron chi connectivity index (χ4n) is 2.67. The average molecular weight is 369 g/mol. The Hall–Kier alpha value is -1.58. The summed E-state index contributed by atoms with van der Waals surface area (Å²) in [4.78, 5) is 15.8. The zero-order chi connectivity index (χ0) is 25.5. The molecule has 0 saturated carbocycles. The topological polar surface area (TPSA) is 85.6 Å². The summed E-state index contributed by atoms with van der Waals surface area (Å²) in [6.07, 6.45) is -2.24. The van der Waals surface area contributed by atoms with E-state index >= 15 is 8.78 Å². The third-order valence-corrected chi connectivity index (χ3v) is 5.05.